The fraction of sp³-hybridized carbons (Fsp3) is 0.167. The molecular formula is C24H22ClN3O6S2. The molecule has 1 fully saturated rings. The highest BCUT2D eigenvalue weighted by molar-refractivity contribution is 7.89. The first-order valence-corrected chi connectivity index (χ1v) is 14.1. The van der Waals surface area contributed by atoms with Gasteiger partial charge in [0.05, 0.1) is 21.9 Å². The van der Waals surface area contributed by atoms with Gasteiger partial charge in [-0.2, -0.15) is 4.31 Å². The van der Waals surface area contributed by atoms with E-state index in [1.54, 1.807) is 37.3 Å². The van der Waals surface area contributed by atoms with Gasteiger partial charge in [-0.15, -0.1) is 0 Å². The summed E-state index contributed by atoms with van der Waals surface area (Å²) in [4.78, 5) is 27.1. The first-order valence-electron chi connectivity index (χ1n) is 10.7. The van der Waals surface area contributed by atoms with Gasteiger partial charge in [0.2, 0.25) is 26.0 Å². The van der Waals surface area contributed by atoms with E-state index in [1.165, 1.54) is 48.5 Å². The molecule has 0 spiro atoms. The summed E-state index contributed by atoms with van der Waals surface area (Å²) < 4.78 is 51.8. The summed E-state index contributed by atoms with van der Waals surface area (Å²) >= 11 is 5.94. The third-order valence-corrected chi connectivity index (χ3v) is 9.08. The Kier molecular flexibility index (Phi) is 7.04. The molecule has 1 saturated heterocycles. The number of rotatable bonds is 7. The zero-order valence-electron chi connectivity index (χ0n) is 19.0. The lowest BCUT2D eigenvalue weighted by Crippen LogP contribution is -2.46. The molecule has 36 heavy (non-hydrogen) atoms. The number of nitrogens with zero attached hydrogens (tertiary/aromatic N) is 2. The molecule has 2 atom stereocenters. The van der Waals surface area contributed by atoms with Crippen LogP contribution in [0.15, 0.2) is 88.7 Å². The molecule has 9 nitrogen and oxygen atoms in total. The Morgan fingerprint density at radius 1 is 0.889 bits per heavy atom. The molecule has 3 aromatic carbocycles. The molecule has 2 unspecified atom stereocenters. The molecule has 3 aromatic rings. The molecule has 188 valence electrons. The minimum absolute atomic E-state index is 0.0779. The summed E-state index contributed by atoms with van der Waals surface area (Å²) in [6, 6.07) is 17.1. The number of sulfonamides is 2. The van der Waals surface area contributed by atoms with Crippen LogP contribution in [0, 0.1) is 0 Å². The van der Waals surface area contributed by atoms with E-state index in [4.69, 9.17) is 16.7 Å². The van der Waals surface area contributed by atoms with Crippen molar-refractivity contribution < 1.29 is 26.4 Å². The predicted molar refractivity (Wildman–Crippen MR) is 134 cm³/mol. The van der Waals surface area contributed by atoms with Crippen molar-refractivity contribution in [1.82, 2.24) is 4.31 Å². The summed E-state index contributed by atoms with van der Waals surface area (Å²) in [7, 11) is -8.23. The van der Waals surface area contributed by atoms with Gasteiger partial charge in [-0.25, -0.2) is 26.9 Å². The summed E-state index contributed by atoms with van der Waals surface area (Å²) in [6.07, 6.45) is -0.389. The normalized spacial score (nSPS) is 17.6. The Hall–Kier alpha value is -3.09. The van der Waals surface area contributed by atoms with Crippen LogP contribution in [0.3, 0.4) is 0 Å². The van der Waals surface area contributed by atoms with E-state index in [-0.39, 0.29) is 21.9 Å². The number of benzene rings is 3. The van der Waals surface area contributed by atoms with Crippen molar-refractivity contribution in [3.8, 4) is 0 Å². The van der Waals surface area contributed by atoms with Gasteiger partial charge in [0.15, 0.2) is 0 Å². The first-order chi connectivity index (χ1) is 16.9. The van der Waals surface area contributed by atoms with Crippen LogP contribution in [0.25, 0.3) is 0 Å². The van der Waals surface area contributed by atoms with Gasteiger partial charge in [-0.05, 0) is 61.0 Å². The Morgan fingerprint density at radius 3 is 2.00 bits per heavy atom. The predicted octanol–water partition coefficient (Wildman–Crippen LogP) is 3.07. The smallest absolute Gasteiger partial charge is 0.252 e. The Labute approximate surface area is 214 Å². The highest BCUT2D eigenvalue weighted by atomic mass is 35.5. The van der Waals surface area contributed by atoms with Crippen molar-refractivity contribution in [2.75, 3.05) is 4.90 Å². The molecule has 1 aliphatic heterocycles. The summed E-state index contributed by atoms with van der Waals surface area (Å²) in [5, 5.41) is 5.47. The second-order valence-corrected chi connectivity index (χ2v) is 12.0. The van der Waals surface area contributed by atoms with E-state index in [9.17, 15) is 26.4 Å². The number of primary sulfonamides is 1. The van der Waals surface area contributed by atoms with E-state index in [2.05, 4.69) is 0 Å². The van der Waals surface area contributed by atoms with Crippen LogP contribution in [0.1, 0.15) is 24.9 Å². The number of nitrogens with two attached hydrogens (primary N) is 1. The average Bonchev–Trinajstić information content (AvgIpc) is 3.12. The van der Waals surface area contributed by atoms with Crippen LogP contribution < -0.4 is 10.0 Å². The third-order valence-electron chi connectivity index (χ3n) is 5.91. The van der Waals surface area contributed by atoms with Gasteiger partial charge in [-0.1, -0.05) is 41.9 Å². The molecule has 0 bridgehead atoms. The summed E-state index contributed by atoms with van der Waals surface area (Å²) in [5.74, 6) is -1.37. The van der Waals surface area contributed by atoms with Crippen LogP contribution in [-0.2, 0) is 29.6 Å². The standard InChI is InChI=1S/C24H22ClN3O6S2/c1-16(17-5-3-2-4-6-17)28(36(33,34)21-11-7-18(25)8-12-21)22-15-23(29)27(24(22)30)19-9-13-20(14-10-19)35(26,31)32/h2-14,16,22H,15H2,1H3,(H2,26,31,32). The van der Waals surface area contributed by atoms with Gasteiger partial charge in [0, 0.05) is 11.1 Å². The summed E-state index contributed by atoms with van der Waals surface area (Å²) in [6.45, 7) is 1.64. The van der Waals surface area contributed by atoms with Crippen molar-refractivity contribution in [1.29, 1.82) is 0 Å². The second kappa shape index (κ2) is 9.75. The van der Waals surface area contributed by atoms with Crippen LogP contribution in [0.4, 0.5) is 5.69 Å². The number of halogens is 1. The Morgan fingerprint density at radius 2 is 1.44 bits per heavy atom. The maximum atomic E-state index is 13.8. The average molecular weight is 548 g/mol. The molecule has 0 saturated carbocycles. The van der Waals surface area contributed by atoms with Crippen molar-refractivity contribution >= 4 is 49.1 Å². The van der Waals surface area contributed by atoms with Gasteiger partial charge < -0.3 is 0 Å². The Bertz CT molecular complexity index is 1510. The van der Waals surface area contributed by atoms with Crippen LogP contribution >= 0.6 is 11.6 Å². The molecule has 1 heterocycles. The number of anilines is 1. The topological polar surface area (TPSA) is 135 Å². The van der Waals surface area contributed by atoms with Crippen molar-refractivity contribution in [2.45, 2.75) is 35.2 Å². The number of hydrogen-bond donors (Lipinski definition) is 1. The second-order valence-electron chi connectivity index (χ2n) is 8.20. The first kappa shape index (κ1) is 26.0. The van der Waals surface area contributed by atoms with Crippen LogP contribution in [0.5, 0.6) is 0 Å². The van der Waals surface area contributed by atoms with Crippen LogP contribution in [0.2, 0.25) is 5.02 Å². The van der Waals surface area contributed by atoms with Crippen molar-refractivity contribution in [3.05, 3.63) is 89.4 Å². The van der Waals surface area contributed by atoms with E-state index in [0.29, 0.717) is 10.6 Å². The van der Waals surface area contributed by atoms with Gasteiger partial charge in [-0.3, -0.25) is 9.59 Å². The number of carbonyl (C=O) groups excluding carboxylic acids is 2. The quantitative estimate of drug-likeness (QED) is 0.452. The van der Waals surface area contributed by atoms with Crippen molar-refractivity contribution in [3.63, 3.8) is 0 Å². The van der Waals surface area contributed by atoms with Gasteiger partial charge in [0.1, 0.15) is 6.04 Å². The minimum Gasteiger partial charge on any atom is -0.274 e. The lowest BCUT2D eigenvalue weighted by atomic mass is 10.1. The molecule has 12 heteroatoms. The van der Waals surface area contributed by atoms with E-state index in [0.717, 1.165) is 9.21 Å². The number of carbonyl (C=O) groups is 2. The Balaban J connectivity index is 1.77. The molecule has 0 aliphatic carbocycles. The molecule has 4 rings (SSSR count). The highest BCUT2D eigenvalue weighted by Crippen LogP contribution is 2.36. The third kappa shape index (κ3) is 4.93. The lowest BCUT2D eigenvalue weighted by molar-refractivity contribution is -0.122. The summed E-state index contributed by atoms with van der Waals surface area (Å²) in [5.41, 5.74) is 0.738. The van der Waals surface area contributed by atoms with Crippen LogP contribution in [-0.4, -0.2) is 39.0 Å². The molecule has 1 aliphatic rings. The molecule has 2 N–H and O–H groups in total. The molecule has 0 aromatic heterocycles. The van der Waals surface area contributed by atoms with E-state index >= 15 is 0 Å². The maximum Gasteiger partial charge on any atom is 0.252 e. The highest BCUT2D eigenvalue weighted by Gasteiger charge is 2.49. The fourth-order valence-electron chi connectivity index (χ4n) is 4.12. The van der Waals surface area contributed by atoms with Gasteiger partial charge >= 0.3 is 0 Å². The number of hydrogen-bond acceptors (Lipinski definition) is 6. The van der Waals surface area contributed by atoms with Crippen molar-refractivity contribution in [2.24, 2.45) is 5.14 Å². The zero-order valence-corrected chi connectivity index (χ0v) is 21.4. The molecule has 2 amide bonds. The van der Waals surface area contributed by atoms with Gasteiger partial charge in [0.25, 0.3) is 5.91 Å². The number of imide groups is 1. The lowest BCUT2D eigenvalue weighted by Gasteiger charge is -2.32. The monoisotopic (exact) mass is 547 g/mol. The van der Waals surface area contributed by atoms with E-state index < -0.39 is 43.9 Å². The SMILES string of the molecule is CC(c1ccccc1)N(C1CC(=O)N(c2ccc(S(N)(=O)=O)cc2)C1=O)S(=O)(=O)c1ccc(Cl)cc1. The number of amides is 2. The molecular weight excluding hydrogens is 526 g/mol. The largest absolute Gasteiger partial charge is 0.274 e. The van der Waals surface area contributed by atoms with E-state index in [1.807, 2.05) is 0 Å². The fourth-order valence-corrected chi connectivity index (χ4v) is 6.53. The zero-order chi connectivity index (χ0) is 26.3. The molecule has 0 radical (unpaired) electrons. The minimum atomic E-state index is -4.26. The maximum absolute atomic E-state index is 13.8.